The molecular weight excluding hydrogens is 430 g/mol. The lowest BCUT2D eigenvalue weighted by atomic mass is 10.5. The van der Waals surface area contributed by atoms with Crippen LogP contribution in [-0.4, -0.2) is 130 Å². The molecule has 0 radical (unpaired) electrons. The molecule has 12 heteroatoms. The third-order valence-corrected chi connectivity index (χ3v) is 3.54. The Balaban J connectivity index is 3.01. The Bertz CT molecular complexity index is 402. The van der Waals surface area contributed by atoms with Gasteiger partial charge in [0.1, 0.15) is 0 Å². The Kier molecular flexibility index (Phi) is 26.5. The van der Waals surface area contributed by atoms with Gasteiger partial charge < -0.3 is 48.3 Å². The molecule has 190 valence electrons. The zero-order valence-electron chi connectivity index (χ0n) is 18.8. The van der Waals surface area contributed by atoms with Gasteiger partial charge in [0.25, 0.3) is 0 Å². The number of amides is 1. The third kappa shape index (κ3) is 28.6. The van der Waals surface area contributed by atoms with Crippen molar-refractivity contribution in [1.82, 2.24) is 5.32 Å². The van der Waals surface area contributed by atoms with E-state index < -0.39 is 5.97 Å². The van der Waals surface area contributed by atoms with Crippen LogP contribution >= 0.6 is 0 Å². The van der Waals surface area contributed by atoms with Crippen molar-refractivity contribution in [2.24, 2.45) is 0 Å². The van der Waals surface area contributed by atoms with Crippen molar-refractivity contribution in [3.05, 3.63) is 0 Å². The molecule has 0 fully saturated rings. The van der Waals surface area contributed by atoms with E-state index in [1.807, 2.05) is 0 Å². The van der Waals surface area contributed by atoms with Gasteiger partial charge in [0.05, 0.1) is 112 Å². The molecule has 0 atom stereocenters. The standard InChI is InChI=1S/C20H39NO11/c22-19-21-2-4-26-6-8-28-10-12-30-14-16-32-18-17-31-15-13-29-11-9-27-7-5-25-3-1-20(23)24/h19H,1-18H2,(H,21,22)(H,23,24). The minimum Gasteiger partial charge on any atom is -0.481 e. The fourth-order valence-electron chi connectivity index (χ4n) is 1.99. The zero-order chi connectivity index (χ0) is 23.4. The number of rotatable bonds is 28. The number of hydrogen-bond acceptors (Lipinski definition) is 10. The molecule has 32 heavy (non-hydrogen) atoms. The number of carboxylic acid groups (broad SMARTS) is 1. The molecule has 0 aromatic heterocycles. The largest absolute Gasteiger partial charge is 0.481 e. The van der Waals surface area contributed by atoms with Crippen LogP contribution in [0.1, 0.15) is 6.42 Å². The molecule has 0 spiro atoms. The van der Waals surface area contributed by atoms with Gasteiger partial charge in [-0.2, -0.15) is 0 Å². The molecule has 0 saturated carbocycles. The van der Waals surface area contributed by atoms with Crippen molar-refractivity contribution in [3.8, 4) is 0 Å². The van der Waals surface area contributed by atoms with Crippen molar-refractivity contribution in [1.29, 1.82) is 0 Å². The number of ether oxygens (including phenoxy) is 8. The van der Waals surface area contributed by atoms with Crippen molar-refractivity contribution < 1.29 is 52.6 Å². The van der Waals surface area contributed by atoms with Crippen LogP contribution in [0.4, 0.5) is 0 Å². The van der Waals surface area contributed by atoms with Crippen molar-refractivity contribution in [3.63, 3.8) is 0 Å². The fraction of sp³-hybridized carbons (Fsp3) is 0.900. The van der Waals surface area contributed by atoms with E-state index in [0.29, 0.717) is 112 Å². The summed E-state index contributed by atoms with van der Waals surface area (Å²) in [7, 11) is 0. The summed E-state index contributed by atoms with van der Waals surface area (Å²) < 4.78 is 42.5. The Morgan fingerprint density at radius 1 is 0.531 bits per heavy atom. The van der Waals surface area contributed by atoms with E-state index >= 15 is 0 Å². The summed E-state index contributed by atoms with van der Waals surface area (Å²) in [6, 6.07) is 0. The van der Waals surface area contributed by atoms with Crippen LogP contribution in [0.15, 0.2) is 0 Å². The summed E-state index contributed by atoms with van der Waals surface area (Å²) in [5.41, 5.74) is 0. The van der Waals surface area contributed by atoms with Crippen molar-refractivity contribution in [2.75, 3.05) is 112 Å². The van der Waals surface area contributed by atoms with Crippen LogP contribution < -0.4 is 5.32 Å². The van der Waals surface area contributed by atoms with E-state index in [4.69, 9.17) is 43.0 Å². The number of carbonyl (C=O) groups is 2. The van der Waals surface area contributed by atoms with Crippen molar-refractivity contribution in [2.45, 2.75) is 6.42 Å². The zero-order valence-corrected chi connectivity index (χ0v) is 18.8. The summed E-state index contributed by atoms with van der Waals surface area (Å²) in [5, 5.41) is 10.9. The first-order chi connectivity index (χ1) is 15.8. The molecule has 2 N–H and O–H groups in total. The summed E-state index contributed by atoms with van der Waals surface area (Å²) in [5.74, 6) is -0.874. The minimum atomic E-state index is -0.874. The van der Waals surface area contributed by atoms with Crippen LogP contribution in [0.2, 0.25) is 0 Å². The molecule has 12 nitrogen and oxygen atoms in total. The maximum Gasteiger partial charge on any atom is 0.305 e. The number of hydrogen-bond donors (Lipinski definition) is 2. The van der Waals surface area contributed by atoms with Gasteiger partial charge in [-0.1, -0.05) is 0 Å². The molecule has 0 aliphatic carbocycles. The van der Waals surface area contributed by atoms with Gasteiger partial charge >= 0.3 is 5.97 Å². The first kappa shape index (κ1) is 30.6. The van der Waals surface area contributed by atoms with Crippen LogP contribution in [0.3, 0.4) is 0 Å². The second-order valence-electron chi connectivity index (χ2n) is 6.11. The van der Waals surface area contributed by atoms with Gasteiger partial charge in [0.15, 0.2) is 0 Å². The molecule has 0 aromatic carbocycles. The van der Waals surface area contributed by atoms with Crippen LogP contribution in [0, 0.1) is 0 Å². The highest BCUT2D eigenvalue weighted by molar-refractivity contribution is 5.66. The smallest absolute Gasteiger partial charge is 0.305 e. The lowest BCUT2D eigenvalue weighted by Gasteiger charge is -2.08. The normalized spacial score (nSPS) is 11.0. The molecule has 0 rings (SSSR count). The predicted molar refractivity (Wildman–Crippen MR) is 113 cm³/mol. The van der Waals surface area contributed by atoms with Gasteiger partial charge in [0, 0.05) is 6.54 Å². The molecular formula is C20H39NO11. The van der Waals surface area contributed by atoms with E-state index in [2.05, 4.69) is 5.32 Å². The van der Waals surface area contributed by atoms with E-state index in [1.165, 1.54) is 0 Å². The SMILES string of the molecule is O=CNCCOCCOCCOCCOCCOCCOCCOCCOCCC(=O)O. The lowest BCUT2D eigenvalue weighted by molar-refractivity contribution is -0.138. The second kappa shape index (κ2) is 27.7. The topological polar surface area (TPSA) is 140 Å². The molecule has 0 unspecified atom stereocenters. The van der Waals surface area contributed by atoms with E-state index in [9.17, 15) is 9.59 Å². The Labute approximate surface area is 189 Å². The Morgan fingerprint density at radius 2 is 0.812 bits per heavy atom. The third-order valence-electron chi connectivity index (χ3n) is 3.54. The van der Waals surface area contributed by atoms with Gasteiger partial charge in [-0.15, -0.1) is 0 Å². The average molecular weight is 470 g/mol. The van der Waals surface area contributed by atoms with Crippen LogP contribution in [0.5, 0.6) is 0 Å². The predicted octanol–water partition coefficient (Wildman–Crippen LogP) is -0.660. The van der Waals surface area contributed by atoms with E-state index in [-0.39, 0.29) is 13.0 Å². The number of nitrogens with one attached hydrogen (secondary N) is 1. The monoisotopic (exact) mass is 469 g/mol. The molecule has 0 aromatic rings. The molecule has 0 aliphatic rings. The molecule has 0 aliphatic heterocycles. The summed E-state index contributed by atoms with van der Waals surface area (Å²) in [4.78, 5) is 20.3. The van der Waals surface area contributed by atoms with Gasteiger partial charge in [-0.3, -0.25) is 9.59 Å². The molecule has 0 saturated heterocycles. The number of carbonyl (C=O) groups excluding carboxylic acids is 1. The number of aliphatic carboxylic acids is 1. The van der Waals surface area contributed by atoms with Gasteiger partial charge in [-0.25, -0.2) is 0 Å². The summed E-state index contributed by atoms with van der Waals surface area (Å²) in [6.07, 6.45) is 0.638. The highest BCUT2D eigenvalue weighted by Crippen LogP contribution is 1.86. The average Bonchev–Trinajstić information content (AvgIpc) is 2.78. The van der Waals surface area contributed by atoms with Crippen LogP contribution in [0.25, 0.3) is 0 Å². The minimum absolute atomic E-state index is 0.000754. The van der Waals surface area contributed by atoms with E-state index in [0.717, 1.165) is 0 Å². The number of carboxylic acids is 1. The van der Waals surface area contributed by atoms with Crippen LogP contribution in [-0.2, 0) is 47.5 Å². The van der Waals surface area contributed by atoms with Gasteiger partial charge in [-0.05, 0) is 0 Å². The van der Waals surface area contributed by atoms with E-state index in [1.54, 1.807) is 0 Å². The second-order valence-corrected chi connectivity index (χ2v) is 6.11. The Hall–Kier alpha value is -1.38. The molecule has 1 amide bonds. The first-order valence-corrected chi connectivity index (χ1v) is 10.8. The highest BCUT2D eigenvalue weighted by Gasteiger charge is 1.97. The summed E-state index contributed by atoms with van der Waals surface area (Å²) in [6.45, 7) is 7.70. The summed E-state index contributed by atoms with van der Waals surface area (Å²) >= 11 is 0. The van der Waals surface area contributed by atoms with Gasteiger partial charge in [0.2, 0.25) is 6.41 Å². The fourth-order valence-corrected chi connectivity index (χ4v) is 1.99. The maximum absolute atomic E-state index is 10.3. The van der Waals surface area contributed by atoms with Crippen molar-refractivity contribution >= 4 is 12.4 Å². The molecule has 0 bridgehead atoms. The highest BCUT2D eigenvalue weighted by atomic mass is 16.6. The quantitative estimate of drug-likeness (QED) is 0.111. The Morgan fingerprint density at radius 3 is 1.09 bits per heavy atom. The lowest BCUT2D eigenvalue weighted by Crippen LogP contribution is -2.19. The maximum atomic E-state index is 10.3. The first-order valence-electron chi connectivity index (χ1n) is 10.8. The molecule has 0 heterocycles.